The Morgan fingerprint density at radius 1 is 1.76 bits per heavy atom. The van der Waals surface area contributed by atoms with Gasteiger partial charge in [0.25, 0.3) is 0 Å². The van der Waals surface area contributed by atoms with Crippen molar-refractivity contribution in [2.45, 2.75) is 37.9 Å². The molecule has 0 aromatic heterocycles. The lowest BCUT2D eigenvalue weighted by Gasteiger charge is -2.21. The number of azide groups is 1. The zero-order valence-electron chi connectivity index (χ0n) is 9.54. The normalized spacial score (nSPS) is 31.4. The van der Waals surface area contributed by atoms with Crippen molar-refractivity contribution in [3.05, 3.63) is 10.4 Å². The first-order valence-corrected chi connectivity index (χ1v) is 10.3. The van der Waals surface area contributed by atoms with E-state index >= 15 is 0 Å². The Morgan fingerprint density at radius 3 is 3.12 bits per heavy atom. The summed E-state index contributed by atoms with van der Waals surface area (Å²) in [6.45, 7) is 1.18. The van der Waals surface area contributed by atoms with Gasteiger partial charge in [-0.2, -0.15) is 0 Å². The van der Waals surface area contributed by atoms with E-state index in [0.29, 0.717) is 0 Å². The second-order valence-corrected chi connectivity index (χ2v) is 9.31. The molecule has 17 heavy (non-hydrogen) atoms. The Hall–Kier alpha value is 0.450. The van der Waals surface area contributed by atoms with Gasteiger partial charge in [-0.25, -0.2) is 4.39 Å². The van der Waals surface area contributed by atoms with Crippen LogP contribution >= 0.6 is 25.2 Å². The van der Waals surface area contributed by atoms with Gasteiger partial charge >= 0.3 is 0 Å². The first-order chi connectivity index (χ1) is 8.21. The minimum Gasteiger partial charge on any atom is -0.372 e. The molecule has 0 aromatic carbocycles. The molecule has 1 fully saturated rings. The molecule has 1 rings (SSSR count). The smallest absolute Gasteiger partial charge is 0.165 e. The van der Waals surface area contributed by atoms with Crippen LogP contribution in [0.4, 0.5) is 4.39 Å². The summed E-state index contributed by atoms with van der Waals surface area (Å²) in [5, 5.41) is 3.27. The summed E-state index contributed by atoms with van der Waals surface area (Å²) >= 11 is 0. The summed E-state index contributed by atoms with van der Waals surface area (Å²) in [4.78, 5) is 2.57. The maximum Gasteiger partial charge on any atom is 0.165 e. The Kier molecular flexibility index (Phi) is 7.78. The molecule has 0 N–H and O–H groups in total. The van der Waals surface area contributed by atoms with Crippen LogP contribution in [0.2, 0.25) is 0 Å². The monoisotopic (exact) mass is 299 g/mol. The van der Waals surface area contributed by atoms with E-state index < -0.39 is 12.9 Å². The molecule has 0 amide bonds. The molecule has 0 saturated carbocycles. The van der Waals surface area contributed by atoms with E-state index in [2.05, 4.69) is 19.0 Å². The second-order valence-electron chi connectivity index (χ2n) is 3.73. The first-order valence-electron chi connectivity index (χ1n) is 5.30. The van der Waals surface area contributed by atoms with Crippen molar-refractivity contribution in [2.24, 2.45) is 5.11 Å². The van der Waals surface area contributed by atoms with E-state index in [1.165, 1.54) is 0 Å². The lowest BCUT2D eigenvalue weighted by molar-refractivity contribution is -0.0518. The van der Waals surface area contributed by atoms with E-state index in [-0.39, 0.29) is 18.3 Å². The highest BCUT2D eigenvalue weighted by molar-refractivity contribution is 8.38. The van der Waals surface area contributed by atoms with Gasteiger partial charge in [0.1, 0.15) is 6.67 Å². The number of halogens is 1. The van der Waals surface area contributed by atoms with Gasteiger partial charge in [0.15, 0.2) is 6.23 Å². The third-order valence-corrected chi connectivity index (χ3v) is 6.31. The summed E-state index contributed by atoms with van der Waals surface area (Å²) in [7, 11) is 4.33. The minimum atomic E-state index is -1.02. The van der Waals surface area contributed by atoms with Gasteiger partial charge in [-0.3, -0.25) is 0 Å². The maximum atomic E-state index is 12.5. The number of hydrogen-bond donors (Lipinski definition) is 0. The highest BCUT2D eigenvalue weighted by atomic mass is 32.4. The summed E-state index contributed by atoms with van der Waals surface area (Å²) in [6.07, 6.45) is 0.584. The molecule has 7 atom stereocenters. The zero-order valence-corrected chi connectivity index (χ0v) is 12.7. The SMILES string of the molecule is C[C@H]1CC(OC(CF)N=[N+]=[N-])[C@@H](CPPP)O1. The molecule has 1 heterocycles. The van der Waals surface area contributed by atoms with Crippen molar-refractivity contribution >= 4 is 25.2 Å². The van der Waals surface area contributed by atoms with Gasteiger partial charge in [-0.15, -0.1) is 8.93 Å². The molecular formula is C8H17FN3O2P3. The fourth-order valence-electron chi connectivity index (χ4n) is 1.76. The lowest BCUT2D eigenvalue weighted by atomic mass is 10.1. The van der Waals surface area contributed by atoms with Crippen molar-refractivity contribution < 1.29 is 13.9 Å². The molecule has 1 saturated heterocycles. The van der Waals surface area contributed by atoms with E-state index in [0.717, 1.165) is 28.8 Å². The number of hydrogen-bond acceptors (Lipinski definition) is 3. The summed E-state index contributed by atoms with van der Waals surface area (Å²) in [6, 6.07) is 0. The lowest BCUT2D eigenvalue weighted by Crippen LogP contribution is -2.30. The molecular weight excluding hydrogens is 282 g/mol. The quantitative estimate of drug-likeness (QED) is 0.313. The van der Waals surface area contributed by atoms with Gasteiger partial charge in [0.2, 0.25) is 0 Å². The Morgan fingerprint density at radius 2 is 2.53 bits per heavy atom. The predicted octanol–water partition coefficient (Wildman–Crippen LogP) is 3.22. The molecule has 1 aliphatic rings. The molecule has 0 aromatic rings. The largest absolute Gasteiger partial charge is 0.372 e. The maximum absolute atomic E-state index is 12.5. The molecule has 5 nitrogen and oxygen atoms in total. The molecule has 0 spiro atoms. The van der Waals surface area contributed by atoms with Gasteiger partial charge < -0.3 is 9.47 Å². The Bertz CT molecular complexity index is 281. The number of ether oxygens (including phenoxy) is 2. The summed E-state index contributed by atoms with van der Waals surface area (Å²) in [5.41, 5.74) is 8.28. The van der Waals surface area contributed by atoms with Crippen molar-refractivity contribution in [1.82, 2.24) is 0 Å². The first kappa shape index (κ1) is 15.5. The number of rotatable bonds is 7. The van der Waals surface area contributed by atoms with E-state index in [4.69, 9.17) is 15.0 Å². The highest BCUT2D eigenvalue weighted by Crippen LogP contribution is 2.45. The Balaban J connectivity index is 2.50. The van der Waals surface area contributed by atoms with Crippen LogP contribution in [0.15, 0.2) is 5.11 Å². The third-order valence-electron chi connectivity index (χ3n) is 2.44. The van der Waals surface area contributed by atoms with Crippen LogP contribution < -0.4 is 0 Å². The van der Waals surface area contributed by atoms with Crippen LogP contribution in [0.25, 0.3) is 10.4 Å². The van der Waals surface area contributed by atoms with E-state index in [1.54, 1.807) is 0 Å². The van der Waals surface area contributed by atoms with Gasteiger partial charge in [-0.05, 0) is 18.6 Å². The van der Waals surface area contributed by atoms with Gasteiger partial charge in [0, 0.05) is 11.3 Å². The Labute approximate surface area is 106 Å². The zero-order chi connectivity index (χ0) is 12.7. The minimum absolute atomic E-state index is 0.000624. The fourth-order valence-corrected chi connectivity index (χ4v) is 4.45. The molecule has 0 aliphatic carbocycles. The topological polar surface area (TPSA) is 67.2 Å². The molecule has 9 heteroatoms. The van der Waals surface area contributed by atoms with Crippen LogP contribution in [0.5, 0.6) is 0 Å². The summed E-state index contributed by atoms with van der Waals surface area (Å²) in [5.74, 6) is 0. The standard InChI is InChI=1S/C8H17FN3O2P3/c1-5-2-6(7(13-5)4-16-17-15)14-8(3-9)11-12-10/h5-8,16-17H,2-4,15H2,1H3/t5-,6?,7+,8?/m0/s1. The van der Waals surface area contributed by atoms with Crippen LogP contribution in [-0.2, 0) is 9.47 Å². The second kappa shape index (κ2) is 8.53. The molecule has 1 aliphatic heterocycles. The van der Waals surface area contributed by atoms with Gasteiger partial charge in [0.05, 0.1) is 18.3 Å². The number of nitrogens with zero attached hydrogens (tertiary/aromatic N) is 3. The van der Waals surface area contributed by atoms with Crippen molar-refractivity contribution in [2.75, 3.05) is 12.8 Å². The predicted molar refractivity (Wildman–Crippen MR) is 73.9 cm³/mol. The highest BCUT2D eigenvalue weighted by Gasteiger charge is 2.34. The number of alkyl halides is 1. The van der Waals surface area contributed by atoms with Crippen LogP contribution in [0.1, 0.15) is 13.3 Å². The molecule has 0 bridgehead atoms. The third kappa shape index (κ3) is 5.30. The molecule has 0 radical (unpaired) electrons. The fraction of sp³-hybridized carbons (Fsp3) is 1.00. The van der Waals surface area contributed by atoms with E-state index in [9.17, 15) is 4.39 Å². The molecule has 5 unspecified atom stereocenters. The van der Waals surface area contributed by atoms with Crippen molar-refractivity contribution in [3.63, 3.8) is 0 Å². The van der Waals surface area contributed by atoms with Crippen LogP contribution in [-0.4, -0.2) is 37.4 Å². The van der Waals surface area contributed by atoms with Crippen molar-refractivity contribution in [1.29, 1.82) is 0 Å². The average Bonchev–Trinajstić information content (AvgIpc) is 2.66. The average molecular weight is 299 g/mol. The van der Waals surface area contributed by atoms with E-state index in [1.807, 2.05) is 6.92 Å². The van der Waals surface area contributed by atoms with Gasteiger partial charge in [-0.1, -0.05) is 21.3 Å². The summed E-state index contributed by atoms with van der Waals surface area (Å²) < 4.78 is 23.7. The van der Waals surface area contributed by atoms with Crippen LogP contribution in [0, 0.1) is 0 Å². The van der Waals surface area contributed by atoms with Crippen LogP contribution in [0.3, 0.4) is 0 Å². The van der Waals surface area contributed by atoms with Crippen molar-refractivity contribution in [3.8, 4) is 0 Å². The molecule has 98 valence electrons.